The van der Waals surface area contributed by atoms with E-state index in [0.717, 1.165) is 0 Å². The van der Waals surface area contributed by atoms with Gasteiger partial charge in [0, 0.05) is 11.1 Å². The van der Waals surface area contributed by atoms with Crippen LogP contribution in [0.4, 0.5) is 0 Å². The summed E-state index contributed by atoms with van der Waals surface area (Å²) in [7, 11) is 0. The quantitative estimate of drug-likeness (QED) is 0.642. The fourth-order valence-corrected chi connectivity index (χ4v) is 0.589. The molecule has 19 heavy (non-hydrogen) atoms. The molecule has 1 aromatic carbocycles. The molecule has 0 fully saturated rings. The number of hydrogen-bond donors (Lipinski definition) is 1. The van der Waals surface area contributed by atoms with E-state index in [1.54, 1.807) is 6.92 Å². The Morgan fingerprint density at radius 2 is 1.63 bits per heavy atom. The van der Waals surface area contributed by atoms with Crippen LogP contribution >= 0.6 is 0 Å². The SMILES string of the molecule is C=C(C)C#N.C=C(C)C(=O)O.C=Cc1ccccc1. The van der Waals surface area contributed by atoms with Crippen LogP contribution in [0.2, 0.25) is 0 Å². The van der Waals surface area contributed by atoms with Crippen LogP contribution in [0.3, 0.4) is 0 Å². The Labute approximate surface area is 114 Å². The smallest absolute Gasteiger partial charge is 0.330 e. The van der Waals surface area contributed by atoms with Crippen molar-refractivity contribution in [3.63, 3.8) is 0 Å². The molecule has 0 unspecified atom stereocenters. The van der Waals surface area contributed by atoms with E-state index in [9.17, 15) is 4.79 Å². The van der Waals surface area contributed by atoms with Gasteiger partial charge in [0.1, 0.15) is 0 Å². The van der Waals surface area contributed by atoms with Crippen LogP contribution in [0, 0.1) is 11.3 Å². The van der Waals surface area contributed by atoms with E-state index in [0.29, 0.717) is 5.57 Å². The van der Waals surface area contributed by atoms with Crippen LogP contribution in [0.15, 0.2) is 61.2 Å². The standard InChI is InChI=1S/C8H8.C4H5N.C4H6O2/c1-2-8-6-4-3-5-7-8;1-4(2)3-5;1-3(2)4(5)6/h2-7H,1H2;1H2,2H3;1H2,2H3,(H,5,6). The van der Waals surface area contributed by atoms with Crippen LogP contribution < -0.4 is 0 Å². The second kappa shape index (κ2) is 11.9. The molecule has 0 bridgehead atoms. The molecule has 1 N–H and O–H groups in total. The van der Waals surface area contributed by atoms with Gasteiger partial charge in [0.05, 0.1) is 6.07 Å². The molecule has 3 heteroatoms. The molecule has 0 heterocycles. The molecule has 0 aliphatic carbocycles. The van der Waals surface area contributed by atoms with Crippen LogP contribution in [0.1, 0.15) is 19.4 Å². The summed E-state index contributed by atoms with van der Waals surface area (Å²) >= 11 is 0. The molecular weight excluding hydrogens is 238 g/mol. The summed E-state index contributed by atoms with van der Waals surface area (Å²) in [5, 5.41) is 15.7. The highest BCUT2D eigenvalue weighted by Gasteiger charge is 1.90. The van der Waals surface area contributed by atoms with E-state index in [1.807, 2.05) is 42.5 Å². The molecule has 0 saturated heterocycles. The molecule has 1 rings (SSSR count). The van der Waals surface area contributed by atoms with Gasteiger partial charge in [-0.2, -0.15) is 5.26 Å². The van der Waals surface area contributed by atoms with Crippen LogP contribution in [-0.4, -0.2) is 11.1 Å². The third-order valence-electron chi connectivity index (χ3n) is 1.59. The maximum absolute atomic E-state index is 9.60. The van der Waals surface area contributed by atoms with Crippen molar-refractivity contribution in [2.45, 2.75) is 13.8 Å². The number of aliphatic carboxylic acids is 1. The normalized spacial score (nSPS) is 7.42. The zero-order valence-corrected chi connectivity index (χ0v) is 11.4. The number of benzene rings is 1. The van der Waals surface area contributed by atoms with Crippen molar-refractivity contribution in [1.29, 1.82) is 5.26 Å². The maximum atomic E-state index is 9.60. The summed E-state index contributed by atoms with van der Waals surface area (Å²) in [4.78, 5) is 9.60. The molecule has 100 valence electrons. The van der Waals surface area contributed by atoms with Gasteiger partial charge in [0.2, 0.25) is 0 Å². The van der Waals surface area contributed by atoms with Crippen molar-refractivity contribution in [3.05, 3.63) is 66.8 Å². The maximum Gasteiger partial charge on any atom is 0.330 e. The molecule has 0 aliphatic rings. The molecule has 0 radical (unpaired) electrons. The van der Waals surface area contributed by atoms with E-state index >= 15 is 0 Å². The number of rotatable bonds is 2. The van der Waals surface area contributed by atoms with Crippen molar-refractivity contribution < 1.29 is 9.90 Å². The fourth-order valence-electron chi connectivity index (χ4n) is 0.589. The largest absolute Gasteiger partial charge is 0.478 e. The highest BCUT2D eigenvalue weighted by molar-refractivity contribution is 5.84. The Bertz CT molecular complexity index is 455. The number of carboxylic acid groups (broad SMARTS) is 1. The lowest BCUT2D eigenvalue weighted by Gasteiger charge is -1.85. The Balaban J connectivity index is 0. The Morgan fingerprint density at radius 1 is 1.26 bits per heavy atom. The first-order valence-electron chi connectivity index (χ1n) is 5.47. The first-order chi connectivity index (χ1) is 8.84. The molecular formula is C16H19NO2. The molecule has 0 spiro atoms. The third-order valence-corrected chi connectivity index (χ3v) is 1.59. The lowest BCUT2D eigenvalue weighted by atomic mass is 10.2. The fraction of sp³-hybridized carbons (Fsp3) is 0.125. The first kappa shape index (κ1) is 18.8. The number of allylic oxidation sites excluding steroid dienone is 1. The van der Waals surface area contributed by atoms with Gasteiger partial charge in [-0.3, -0.25) is 0 Å². The van der Waals surface area contributed by atoms with E-state index in [2.05, 4.69) is 19.7 Å². The van der Waals surface area contributed by atoms with Crippen LogP contribution in [-0.2, 0) is 4.79 Å². The number of nitriles is 1. The van der Waals surface area contributed by atoms with E-state index < -0.39 is 5.97 Å². The minimum atomic E-state index is -0.935. The zero-order valence-electron chi connectivity index (χ0n) is 11.4. The minimum Gasteiger partial charge on any atom is -0.478 e. The molecule has 0 amide bonds. The predicted molar refractivity (Wildman–Crippen MR) is 79.4 cm³/mol. The van der Waals surface area contributed by atoms with Crippen LogP contribution in [0.25, 0.3) is 6.08 Å². The highest BCUT2D eigenvalue weighted by Crippen LogP contribution is 1.97. The van der Waals surface area contributed by atoms with Gasteiger partial charge in [0.25, 0.3) is 0 Å². The van der Waals surface area contributed by atoms with Gasteiger partial charge in [-0.25, -0.2) is 4.79 Å². The average Bonchev–Trinajstić information content (AvgIpc) is 2.40. The Kier molecular flexibility index (Phi) is 11.7. The lowest BCUT2D eigenvalue weighted by molar-refractivity contribution is -0.132. The van der Waals surface area contributed by atoms with Gasteiger partial charge < -0.3 is 5.11 Å². The van der Waals surface area contributed by atoms with Gasteiger partial charge in [0.15, 0.2) is 0 Å². The summed E-state index contributed by atoms with van der Waals surface area (Å²) < 4.78 is 0. The minimum absolute atomic E-state index is 0.176. The lowest BCUT2D eigenvalue weighted by Crippen LogP contribution is -1.92. The number of nitrogens with zero attached hydrogens (tertiary/aromatic N) is 1. The van der Waals surface area contributed by atoms with Crippen molar-refractivity contribution in [1.82, 2.24) is 0 Å². The van der Waals surface area contributed by atoms with Crippen molar-refractivity contribution in [2.75, 3.05) is 0 Å². The topological polar surface area (TPSA) is 61.1 Å². The van der Waals surface area contributed by atoms with E-state index in [1.165, 1.54) is 12.5 Å². The number of hydrogen-bond acceptors (Lipinski definition) is 2. The second-order valence-corrected chi connectivity index (χ2v) is 3.59. The van der Waals surface area contributed by atoms with Crippen LogP contribution in [0.5, 0.6) is 0 Å². The molecule has 0 aromatic heterocycles. The number of carboxylic acids is 1. The summed E-state index contributed by atoms with van der Waals surface area (Å²) in [6.07, 6.45) is 1.83. The summed E-state index contributed by atoms with van der Waals surface area (Å²) in [5.41, 5.74) is 1.91. The molecule has 0 aliphatic heterocycles. The van der Waals surface area contributed by atoms with Gasteiger partial charge in [-0.1, -0.05) is 56.1 Å². The van der Waals surface area contributed by atoms with Crippen molar-refractivity contribution in [3.8, 4) is 6.07 Å². The summed E-state index contributed by atoms with van der Waals surface area (Å²) in [5.74, 6) is -0.935. The molecule has 0 atom stereocenters. The van der Waals surface area contributed by atoms with Gasteiger partial charge in [-0.15, -0.1) is 0 Å². The monoisotopic (exact) mass is 257 g/mol. The predicted octanol–water partition coefficient (Wildman–Crippen LogP) is 4.06. The Morgan fingerprint density at radius 3 is 1.79 bits per heavy atom. The number of carbonyl (C=O) groups is 1. The van der Waals surface area contributed by atoms with Crippen molar-refractivity contribution >= 4 is 12.0 Å². The molecule has 1 aromatic rings. The summed E-state index contributed by atoms with van der Waals surface area (Å²) in [6, 6.07) is 11.9. The summed E-state index contributed by atoms with van der Waals surface area (Å²) in [6.45, 7) is 13.2. The van der Waals surface area contributed by atoms with Gasteiger partial charge in [-0.05, 0) is 19.4 Å². The zero-order chi connectivity index (χ0) is 15.3. The van der Waals surface area contributed by atoms with E-state index in [4.69, 9.17) is 10.4 Å². The third kappa shape index (κ3) is 15.4. The van der Waals surface area contributed by atoms with Crippen molar-refractivity contribution in [2.24, 2.45) is 0 Å². The molecule has 0 saturated carbocycles. The first-order valence-corrected chi connectivity index (χ1v) is 5.47. The highest BCUT2D eigenvalue weighted by atomic mass is 16.4. The molecule has 3 nitrogen and oxygen atoms in total. The van der Waals surface area contributed by atoms with Gasteiger partial charge >= 0.3 is 5.97 Å². The van der Waals surface area contributed by atoms with E-state index in [-0.39, 0.29) is 5.57 Å². The second-order valence-electron chi connectivity index (χ2n) is 3.59. The Hall–Kier alpha value is -2.60. The average molecular weight is 257 g/mol.